The lowest BCUT2D eigenvalue weighted by molar-refractivity contribution is -0.338. The molecule has 28 heteroatoms. The number of oxime groups is 1. The normalized spacial score (nSPS) is 40.8. The van der Waals surface area contributed by atoms with E-state index in [9.17, 15) is 49.8 Å². The Bertz CT molecular complexity index is 3410. The molecule has 0 aromatic heterocycles. The minimum atomic E-state index is -1.66. The number of hydrogen-bond donors (Lipinski definition) is 11. The molecule has 10 rings (SSSR count). The number of hydrogen-bond acceptors (Lipinski definition) is 23. The van der Waals surface area contributed by atoms with Crippen molar-refractivity contribution in [2.24, 2.45) is 63.3 Å². The van der Waals surface area contributed by atoms with E-state index in [1.165, 1.54) is 0 Å². The zero-order valence-electron chi connectivity index (χ0n) is 70.0. The van der Waals surface area contributed by atoms with Crippen LogP contribution < -0.4 is 26.6 Å². The van der Waals surface area contributed by atoms with E-state index in [0.29, 0.717) is 94.8 Å². The smallest absolute Gasteiger partial charge is 0.346 e. The lowest BCUT2D eigenvalue weighted by atomic mass is 9.46. The number of carbonyl (C=O) groups is 6. The number of ether oxygens (including phenoxy) is 8. The third-order valence-electron chi connectivity index (χ3n) is 27.1. The molecule has 2 bridgehead atoms. The summed E-state index contributed by atoms with van der Waals surface area (Å²) in [6.07, 6.45) is 8.12. The van der Waals surface area contributed by atoms with E-state index in [2.05, 4.69) is 58.7 Å². The summed E-state index contributed by atoms with van der Waals surface area (Å²) in [4.78, 5) is 86.9. The van der Waals surface area contributed by atoms with Gasteiger partial charge in [-0.05, 0) is 129 Å². The molecule has 6 aliphatic heterocycles. The number of nitrogens with zero attached hydrogens (tertiary/aromatic N) is 1. The minimum absolute atomic E-state index is 0.00711. The van der Waals surface area contributed by atoms with Crippen LogP contribution in [-0.4, -0.2) is 227 Å². The first-order chi connectivity index (χ1) is 54.4. The van der Waals surface area contributed by atoms with Gasteiger partial charge in [-0.25, -0.2) is 9.59 Å². The second kappa shape index (κ2) is 41.3. The third kappa shape index (κ3) is 21.2. The number of rotatable bonds is 32. The molecule has 0 aromatic rings. The standard InChI is InChI=1S/C86H138N6O21S/c1-14-57-38-56(45-93)36-49(5)77(110-70-41-63(96)78(54(10)108-70)111-71-42-64(105-13)79(55(11)109-71)112-69-40-62(95)76(100)53(9)107-69)47(3)26-24-31-84(12)43-50(6)51(7)44-86(84)81(102)72(82(103)113-86)80(101)85(15-2)73(57)48(4)37-58-61(94)39-59(52(8)74(58)85)92-106-35-25-34-89-67(98)29-19-17-22-32-87-66(97)28-18-16-23-33-88-68(99)30-21-20-27-65-75-60(46-114-65)90-83(104)91-75/h37-38,43,47,49,51-56,58,60-65,69-71,73-79,93-96,100-101H,14-36,39-42,44-46H2,1-13H3,(H,87,97)(H,88,99)(H,89,98)(H2,90,91,104)/b57-38-,80-72+,92-59+/t47-,49-,51-,52+,53-,54-,55-,56-,58-,60+,61+,62+,63+,64-,65+,69+,70+,71-,73+,74-,75+,76-,77-,78-,79-,84-,85-,86-/m1/s1. The predicted molar refractivity (Wildman–Crippen MR) is 430 cm³/mol. The number of allylic oxidation sites excluding steroid dienone is 4. The first kappa shape index (κ1) is 91.2. The second-order valence-electron chi connectivity index (χ2n) is 35.2. The highest BCUT2D eigenvalue weighted by molar-refractivity contribution is 8.00. The topological polar surface area (TPSA) is 379 Å². The Morgan fingerprint density at radius 3 is 1.93 bits per heavy atom. The molecule has 6 heterocycles. The predicted octanol–water partition coefficient (Wildman–Crippen LogP) is 9.67. The summed E-state index contributed by atoms with van der Waals surface area (Å²) >= 11 is 1.89. The zero-order valence-corrected chi connectivity index (χ0v) is 70.9. The van der Waals surface area contributed by atoms with E-state index in [1.54, 1.807) is 14.0 Å². The van der Waals surface area contributed by atoms with Crippen LogP contribution in [0.25, 0.3) is 0 Å². The minimum Gasteiger partial charge on any atom is -0.511 e. The molecule has 4 aliphatic carbocycles. The molecule has 7 fully saturated rings. The molecule has 0 radical (unpaired) electrons. The number of methoxy groups -OCH3 is 1. The van der Waals surface area contributed by atoms with E-state index in [0.717, 1.165) is 73.8 Å². The summed E-state index contributed by atoms with van der Waals surface area (Å²) in [5, 5.41) is 90.7. The number of amides is 5. The van der Waals surface area contributed by atoms with Crippen LogP contribution >= 0.6 is 11.8 Å². The first-order valence-electron chi connectivity index (χ1n) is 43.2. The molecule has 28 atom stereocenters. The fourth-order valence-corrected chi connectivity index (χ4v) is 22.3. The summed E-state index contributed by atoms with van der Waals surface area (Å²) in [6.45, 7) is 25.1. The van der Waals surface area contributed by atoms with Crippen molar-refractivity contribution >= 4 is 53.0 Å². The van der Waals surface area contributed by atoms with E-state index in [1.807, 2.05) is 74.1 Å². The Hall–Kier alpha value is -5.08. The van der Waals surface area contributed by atoms with Gasteiger partial charge in [0.1, 0.15) is 36.3 Å². The van der Waals surface area contributed by atoms with Gasteiger partial charge < -0.3 is 100.0 Å². The molecular weight excluding hydrogens is 1490 g/mol. The molecule has 0 aromatic carbocycles. The summed E-state index contributed by atoms with van der Waals surface area (Å²) in [5.41, 5.74) is -1.10. The van der Waals surface area contributed by atoms with E-state index in [-0.39, 0.29) is 117 Å². The average Bonchev–Trinajstić information content (AvgIpc) is 1.40. The number of Topliss-reactive ketones (excluding diaryl/α,β-unsaturated/α-hetero) is 1. The monoisotopic (exact) mass is 1620 g/mol. The van der Waals surface area contributed by atoms with Crippen LogP contribution in [0.5, 0.6) is 0 Å². The molecule has 5 amide bonds. The molecule has 6 saturated heterocycles. The van der Waals surface area contributed by atoms with E-state index >= 15 is 9.59 Å². The highest BCUT2D eigenvalue weighted by atomic mass is 32.2. The summed E-state index contributed by atoms with van der Waals surface area (Å²) in [5.74, 6) is -4.14. The van der Waals surface area contributed by atoms with Gasteiger partial charge in [-0.3, -0.25) is 19.2 Å². The molecule has 10 aliphatic rings. The van der Waals surface area contributed by atoms with Crippen LogP contribution in [0.1, 0.15) is 237 Å². The Kier molecular flexibility index (Phi) is 33.0. The van der Waals surface area contributed by atoms with Gasteiger partial charge >= 0.3 is 12.0 Å². The Morgan fingerprint density at radius 2 is 1.31 bits per heavy atom. The molecule has 0 unspecified atom stereocenters. The Balaban J connectivity index is 0.753. The maximum absolute atomic E-state index is 16.1. The molecule has 27 nitrogen and oxygen atoms in total. The number of esters is 1. The SMILES string of the molecule is CC/C1=C/[C@H](CO)C[C@@H](C)[C@H](O[C@H]2C[C@H](O)[C@H](O[C@@H]3C[C@@H](OC)[C@H](O[C@H]4C[C@H](O)[C@H](O)[C@@H](C)O4)[C@@H](C)O3)[C@@H](C)O2)[C@H](C)CCC[C@]2(C)C=C(C)[C@H](C)C[C@]23OC(=O)/C(=C(/O)[C@@]2(CC)[C@H]4[C@H](C=C(C)[C@@H]12)[C@@H](O)C/C(=N\OCCCNC(=O)CCCCCNC(=O)CCCCCNC(=O)CCCC[C@@H]1SC[C@@H]2NC(=O)N[C@@H]21)[C@@H]4C)C3=O. The first-order valence-corrected chi connectivity index (χ1v) is 44.2. The summed E-state index contributed by atoms with van der Waals surface area (Å²) in [7, 11) is 1.57. The van der Waals surface area contributed by atoms with Crippen LogP contribution in [0.2, 0.25) is 0 Å². The number of urea groups is 1. The molecule has 644 valence electrons. The summed E-state index contributed by atoms with van der Waals surface area (Å²) in [6, 6.07) is 0.305. The number of thioether (sulfide) groups is 1. The van der Waals surface area contributed by atoms with Crippen LogP contribution in [0.4, 0.5) is 4.79 Å². The third-order valence-corrected chi connectivity index (χ3v) is 28.6. The highest BCUT2D eigenvalue weighted by Crippen LogP contribution is 2.64. The van der Waals surface area contributed by atoms with Gasteiger partial charge in [-0.15, -0.1) is 0 Å². The van der Waals surface area contributed by atoms with Gasteiger partial charge in [0.2, 0.25) is 23.5 Å². The number of aliphatic hydroxyl groups excluding tert-OH is 6. The number of aliphatic hydroxyl groups is 6. The zero-order chi connectivity index (χ0) is 82.5. The van der Waals surface area contributed by atoms with E-state index in [4.69, 9.17) is 47.9 Å². The van der Waals surface area contributed by atoms with Gasteiger partial charge in [0, 0.05) is 137 Å². The molecular formula is C86H138N6O21S. The van der Waals surface area contributed by atoms with Crippen molar-refractivity contribution in [2.75, 3.05) is 45.7 Å². The van der Waals surface area contributed by atoms with Crippen molar-refractivity contribution in [1.29, 1.82) is 0 Å². The van der Waals surface area contributed by atoms with Gasteiger partial charge in [0.15, 0.2) is 24.5 Å². The maximum Gasteiger partial charge on any atom is 0.346 e. The number of nitrogens with one attached hydrogen (secondary N) is 5. The largest absolute Gasteiger partial charge is 0.511 e. The number of fused-ring (bicyclic) bond motifs is 5. The number of ketones is 1. The molecule has 114 heavy (non-hydrogen) atoms. The van der Waals surface area contributed by atoms with Gasteiger partial charge in [0.05, 0.1) is 66.6 Å². The van der Waals surface area contributed by atoms with Crippen molar-refractivity contribution in [3.05, 3.63) is 46.3 Å². The Morgan fingerprint density at radius 1 is 0.702 bits per heavy atom. The van der Waals surface area contributed by atoms with Crippen LogP contribution in [0, 0.1) is 58.2 Å². The number of unbranched alkanes of at least 4 members (excludes halogenated alkanes) is 5. The lowest BCUT2D eigenvalue weighted by Crippen LogP contribution is -2.57. The lowest BCUT2D eigenvalue weighted by Gasteiger charge is -2.57. The maximum atomic E-state index is 16.1. The fourth-order valence-electron chi connectivity index (χ4n) is 20.8. The van der Waals surface area contributed by atoms with Gasteiger partial charge in [-0.1, -0.05) is 114 Å². The number of carbonyl (C=O) groups excluding carboxylic acids is 6. The molecule has 11 N–H and O–H groups in total. The average molecular weight is 1620 g/mol. The van der Waals surface area contributed by atoms with Gasteiger partial charge in [0.25, 0.3) is 0 Å². The van der Waals surface area contributed by atoms with Crippen molar-refractivity contribution in [2.45, 2.75) is 346 Å². The molecule has 1 saturated carbocycles. The highest BCUT2D eigenvalue weighted by Gasteiger charge is 2.68. The Labute approximate surface area is 679 Å². The molecule has 1 spiro atoms. The second-order valence-corrected chi connectivity index (χ2v) is 36.5. The van der Waals surface area contributed by atoms with Crippen molar-refractivity contribution in [3.8, 4) is 0 Å². The van der Waals surface area contributed by atoms with E-state index < -0.39 is 144 Å². The van der Waals surface area contributed by atoms with Crippen molar-refractivity contribution in [3.63, 3.8) is 0 Å². The van der Waals surface area contributed by atoms with Crippen molar-refractivity contribution in [1.82, 2.24) is 26.6 Å². The van der Waals surface area contributed by atoms with Crippen LogP contribution in [0.15, 0.2) is 51.4 Å². The fraction of sp³-hybridized carbons (Fsp3) is 0.826. The van der Waals surface area contributed by atoms with Gasteiger partial charge in [-0.2, -0.15) is 11.8 Å². The van der Waals surface area contributed by atoms with Crippen molar-refractivity contribution < 1.29 is 102 Å². The van der Waals surface area contributed by atoms with Crippen LogP contribution in [0.3, 0.4) is 0 Å². The van der Waals surface area contributed by atoms with Crippen LogP contribution in [-0.2, 0) is 66.7 Å². The summed E-state index contributed by atoms with van der Waals surface area (Å²) < 4.78 is 51.5. The quantitative estimate of drug-likeness (QED) is 0.00745.